The fraction of sp³-hybridized carbons (Fsp3) is 1.00. The van der Waals surface area contributed by atoms with Crippen molar-refractivity contribution < 1.29 is 9.47 Å². The maximum atomic E-state index is 5.96. The molecule has 0 amide bonds. The van der Waals surface area contributed by atoms with Crippen LogP contribution in [0.15, 0.2) is 0 Å². The Labute approximate surface area is 84.6 Å². The number of ether oxygens (including phenoxy) is 2. The van der Waals surface area contributed by atoms with Gasteiger partial charge in [0.25, 0.3) is 0 Å². The predicted octanol–water partition coefficient (Wildman–Crippen LogP) is 2.82. The van der Waals surface area contributed by atoms with Crippen molar-refractivity contribution in [1.29, 1.82) is 0 Å². The summed E-state index contributed by atoms with van der Waals surface area (Å²) in [6, 6.07) is 0. The molecule has 0 rings (SSSR count). The van der Waals surface area contributed by atoms with Crippen LogP contribution >= 0.6 is 9.24 Å². The third kappa shape index (κ3) is 4.95. The van der Waals surface area contributed by atoms with Gasteiger partial charge in [0, 0.05) is 7.11 Å². The van der Waals surface area contributed by atoms with Crippen LogP contribution in [0.5, 0.6) is 0 Å². The summed E-state index contributed by atoms with van der Waals surface area (Å²) in [6.07, 6.45) is 3.27. The Morgan fingerprint density at radius 1 is 1.23 bits per heavy atom. The molecule has 2 unspecified atom stereocenters. The smallest absolute Gasteiger partial charge is 0.0817 e. The highest BCUT2D eigenvalue weighted by atomic mass is 31.0. The van der Waals surface area contributed by atoms with Crippen molar-refractivity contribution in [2.75, 3.05) is 13.7 Å². The van der Waals surface area contributed by atoms with Crippen LogP contribution in [0, 0.1) is 0 Å². The SMILES string of the molecule is CCC(COC)OC(P)(CC)CC. The summed E-state index contributed by atoms with van der Waals surface area (Å²) in [5.74, 6) is 0. The standard InChI is InChI=1S/C10H23O2P/c1-5-9(8-11-4)12-10(13,6-2)7-3/h9H,5-8,13H2,1-4H3. The zero-order chi connectivity index (χ0) is 10.3. The lowest BCUT2D eigenvalue weighted by atomic mass is 10.2. The highest BCUT2D eigenvalue weighted by Crippen LogP contribution is 2.30. The number of hydrogen-bond acceptors (Lipinski definition) is 2. The molecule has 0 aromatic heterocycles. The van der Waals surface area contributed by atoms with E-state index in [0.29, 0.717) is 6.61 Å². The highest BCUT2D eigenvalue weighted by molar-refractivity contribution is 7.18. The molecule has 0 saturated heterocycles. The van der Waals surface area contributed by atoms with Gasteiger partial charge in [0.05, 0.1) is 18.1 Å². The van der Waals surface area contributed by atoms with Gasteiger partial charge in [-0.05, 0) is 19.3 Å². The molecule has 0 aliphatic heterocycles. The van der Waals surface area contributed by atoms with Crippen molar-refractivity contribution in [1.82, 2.24) is 0 Å². The molecule has 0 aromatic rings. The molecule has 0 N–H and O–H groups in total. The lowest BCUT2D eigenvalue weighted by Crippen LogP contribution is -2.31. The van der Waals surface area contributed by atoms with E-state index >= 15 is 0 Å². The van der Waals surface area contributed by atoms with E-state index in [1.165, 1.54) is 0 Å². The Hall–Kier alpha value is 0.350. The molecular weight excluding hydrogens is 183 g/mol. The summed E-state index contributed by atoms with van der Waals surface area (Å²) in [5, 5.41) is -0.0563. The molecule has 0 aliphatic carbocycles. The third-order valence-corrected chi connectivity index (χ3v) is 3.36. The van der Waals surface area contributed by atoms with Crippen molar-refractivity contribution in [3.8, 4) is 0 Å². The second-order valence-corrected chi connectivity index (χ2v) is 4.43. The van der Waals surface area contributed by atoms with Crippen molar-refractivity contribution in [2.45, 2.75) is 51.5 Å². The molecule has 3 heteroatoms. The van der Waals surface area contributed by atoms with Crippen LogP contribution in [0.2, 0.25) is 0 Å². The maximum Gasteiger partial charge on any atom is 0.0817 e. The average molecular weight is 206 g/mol. The minimum absolute atomic E-state index is 0.0563. The lowest BCUT2D eigenvalue weighted by Gasteiger charge is -2.31. The molecule has 0 fully saturated rings. The summed E-state index contributed by atoms with van der Waals surface area (Å²) in [4.78, 5) is 0. The molecule has 0 aliphatic rings. The molecule has 0 heterocycles. The van der Waals surface area contributed by atoms with Crippen LogP contribution in [0.1, 0.15) is 40.0 Å². The average Bonchev–Trinajstić information content (AvgIpc) is 2.17. The van der Waals surface area contributed by atoms with Gasteiger partial charge in [-0.2, -0.15) is 0 Å². The van der Waals surface area contributed by atoms with Crippen LogP contribution in [-0.4, -0.2) is 25.2 Å². The molecule has 2 nitrogen and oxygen atoms in total. The van der Waals surface area contributed by atoms with Gasteiger partial charge in [-0.1, -0.05) is 20.8 Å². The van der Waals surface area contributed by atoms with Crippen molar-refractivity contribution in [3.63, 3.8) is 0 Å². The van der Waals surface area contributed by atoms with Crippen LogP contribution in [0.3, 0.4) is 0 Å². The van der Waals surface area contributed by atoms with Crippen LogP contribution < -0.4 is 0 Å². The maximum absolute atomic E-state index is 5.96. The Morgan fingerprint density at radius 3 is 2.08 bits per heavy atom. The van der Waals surface area contributed by atoms with Crippen molar-refractivity contribution >= 4 is 9.24 Å². The Morgan fingerprint density at radius 2 is 1.77 bits per heavy atom. The third-order valence-electron chi connectivity index (χ3n) is 2.41. The largest absolute Gasteiger partial charge is 0.382 e. The quantitative estimate of drug-likeness (QED) is 0.596. The topological polar surface area (TPSA) is 18.5 Å². The lowest BCUT2D eigenvalue weighted by molar-refractivity contribution is -0.0709. The van der Waals surface area contributed by atoms with E-state index in [0.717, 1.165) is 19.3 Å². The first-order valence-corrected chi connectivity index (χ1v) is 5.65. The van der Waals surface area contributed by atoms with Gasteiger partial charge >= 0.3 is 0 Å². The molecule has 0 radical (unpaired) electrons. The fourth-order valence-electron chi connectivity index (χ4n) is 1.17. The first kappa shape index (κ1) is 13.4. The van der Waals surface area contributed by atoms with Gasteiger partial charge in [-0.25, -0.2) is 0 Å². The van der Waals surface area contributed by atoms with Gasteiger partial charge in [0.1, 0.15) is 0 Å². The zero-order valence-electron chi connectivity index (χ0n) is 9.30. The van der Waals surface area contributed by atoms with E-state index in [4.69, 9.17) is 9.47 Å². The molecule has 0 aromatic carbocycles. The minimum Gasteiger partial charge on any atom is -0.382 e. The van der Waals surface area contributed by atoms with Crippen LogP contribution in [-0.2, 0) is 9.47 Å². The second kappa shape index (κ2) is 6.75. The molecule has 80 valence electrons. The molecule has 0 spiro atoms. The van der Waals surface area contributed by atoms with E-state index in [9.17, 15) is 0 Å². The first-order valence-electron chi connectivity index (χ1n) is 5.07. The molecule has 0 bridgehead atoms. The van der Waals surface area contributed by atoms with E-state index in [2.05, 4.69) is 30.0 Å². The van der Waals surface area contributed by atoms with Crippen molar-refractivity contribution in [3.05, 3.63) is 0 Å². The summed E-state index contributed by atoms with van der Waals surface area (Å²) in [7, 11) is 4.53. The monoisotopic (exact) mass is 206 g/mol. The van der Waals surface area contributed by atoms with E-state index in [1.54, 1.807) is 7.11 Å². The number of rotatable bonds is 7. The molecule has 2 atom stereocenters. The Bertz CT molecular complexity index is 124. The second-order valence-electron chi connectivity index (χ2n) is 3.38. The first-order chi connectivity index (χ1) is 6.11. The summed E-state index contributed by atoms with van der Waals surface area (Å²) in [6.45, 7) is 7.11. The normalized spacial score (nSPS) is 14.5. The van der Waals surface area contributed by atoms with E-state index < -0.39 is 0 Å². The van der Waals surface area contributed by atoms with E-state index in [-0.39, 0.29) is 11.4 Å². The van der Waals surface area contributed by atoms with E-state index in [1.807, 2.05) is 0 Å². The number of methoxy groups -OCH3 is 1. The van der Waals surface area contributed by atoms with Crippen molar-refractivity contribution in [2.24, 2.45) is 0 Å². The fourth-order valence-corrected chi connectivity index (χ4v) is 1.36. The zero-order valence-corrected chi connectivity index (χ0v) is 10.5. The summed E-state index contributed by atoms with van der Waals surface area (Å²) >= 11 is 0. The predicted molar refractivity (Wildman–Crippen MR) is 60.1 cm³/mol. The molecular formula is C10H23O2P. The van der Waals surface area contributed by atoms with Crippen LogP contribution in [0.4, 0.5) is 0 Å². The summed E-state index contributed by atoms with van der Waals surface area (Å²) < 4.78 is 11.1. The van der Waals surface area contributed by atoms with Gasteiger partial charge in [0.2, 0.25) is 0 Å². The van der Waals surface area contributed by atoms with Gasteiger partial charge in [-0.3, -0.25) is 0 Å². The van der Waals surface area contributed by atoms with Gasteiger partial charge < -0.3 is 9.47 Å². The Kier molecular flexibility index (Phi) is 6.93. The van der Waals surface area contributed by atoms with Gasteiger partial charge in [0.15, 0.2) is 0 Å². The number of hydrogen-bond donors (Lipinski definition) is 0. The van der Waals surface area contributed by atoms with Crippen LogP contribution in [0.25, 0.3) is 0 Å². The molecule has 0 saturated carbocycles. The minimum atomic E-state index is -0.0563. The Balaban J connectivity index is 4.02. The highest BCUT2D eigenvalue weighted by Gasteiger charge is 2.24. The van der Waals surface area contributed by atoms with Gasteiger partial charge in [-0.15, -0.1) is 9.24 Å². The molecule has 13 heavy (non-hydrogen) atoms. The summed E-state index contributed by atoms with van der Waals surface area (Å²) in [5.41, 5.74) is 0.